The van der Waals surface area contributed by atoms with E-state index in [1.165, 1.54) is 4.90 Å². The van der Waals surface area contributed by atoms with Gasteiger partial charge in [-0.1, -0.05) is 6.42 Å². The number of hydrogen-bond acceptors (Lipinski definition) is 5. The number of alkyl carbamates (subject to hydrolysis) is 1. The Balaban J connectivity index is 1.79. The van der Waals surface area contributed by atoms with Gasteiger partial charge >= 0.3 is 12.1 Å². The largest absolute Gasteiger partial charge is 0.480 e. The number of carbonyl (C=O) groups excluding carboxylic acids is 2. The van der Waals surface area contributed by atoms with Crippen molar-refractivity contribution in [3.05, 3.63) is 0 Å². The van der Waals surface area contributed by atoms with Crippen molar-refractivity contribution < 1.29 is 29.0 Å². The Labute approximate surface area is 172 Å². The van der Waals surface area contributed by atoms with Crippen molar-refractivity contribution >= 4 is 18.0 Å². The average molecular weight is 411 g/mol. The summed E-state index contributed by atoms with van der Waals surface area (Å²) < 4.78 is 11.4. The van der Waals surface area contributed by atoms with Crippen LogP contribution in [0.1, 0.15) is 66.7 Å². The number of carboxylic acid groups (broad SMARTS) is 1. The second-order valence-electron chi connectivity index (χ2n) is 10.0. The molecule has 2 N–H and O–H groups in total. The zero-order valence-electron chi connectivity index (χ0n) is 18.1. The summed E-state index contributed by atoms with van der Waals surface area (Å²) in [5.41, 5.74) is -1.00. The number of likely N-dealkylation sites (tertiary alicyclic amines) is 1. The standard InChI is InChI=1S/C21H34N2O6/c1-12(28-21(5)9-10-21)15(22-19(27)29-20(2,3)4)17(24)23-11-13-7-6-8-14(13)16(23)18(25)26/h12-16H,6-11H2,1-5H3,(H,22,27)(H,25,26)/t12-,13+,14+,15+,16+/m1/s1. The van der Waals surface area contributed by atoms with E-state index in [1.807, 2.05) is 6.92 Å². The van der Waals surface area contributed by atoms with Crippen molar-refractivity contribution in [2.24, 2.45) is 11.8 Å². The fraction of sp³-hybridized carbons (Fsp3) is 0.857. The predicted octanol–water partition coefficient (Wildman–Crippen LogP) is 2.55. The van der Waals surface area contributed by atoms with E-state index in [2.05, 4.69) is 5.32 Å². The van der Waals surface area contributed by atoms with Crippen LogP contribution in [0.3, 0.4) is 0 Å². The number of fused-ring (bicyclic) bond motifs is 1. The molecule has 29 heavy (non-hydrogen) atoms. The molecule has 3 fully saturated rings. The fourth-order valence-electron chi connectivity index (χ4n) is 4.65. The summed E-state index contributed by atoms with van der Waals surface area (Å²) in [5, 5.41) is 12.4. The highest BCUT2D eigenvalue weighted by molar-refractivity contribution is 5.90. The molecule has 2 aliphatic carbocycles. The second kappa shape index (κ2) is 7.78. The minimum atomic E-state index is -0.997. The summed E-state index contributed by atoms with van der Waals surface area (Å²) >= 11 is 0. The van der Waals surface area contributed by atoms with Gasteiger partial charge in [0, 0.05) is 6.54 Å². The van der Waals surface area contributed by atoms with Crippen LogP contribution in [0.5, 0.6) is 0 Å². The zero-order valence-corrected chi connectivity index (χ0v) is 18.1. The monoisotopic (exact) mass is 410 g/mol. The Kier molecular flexibility index (Phi) is 5.87. The van der Waals surface area contributed by atoms with Gasteiger partial charge in [0.2, 0.25) is 5.91 Å². The average Bonchev–Trinajstić information content (AvgIpc) is 3.00. The van der Waals surface area contributed by atoms with E-state index < -0.39 is 41.8 Å². The van der Waals surface area contributed by atoms with Crippen LogP contribution in [-0.2, 0) is 19.1 Å². The van der Waals surface area contributed by atoms with Crippen molar-refractivity contribution in [3.8, 4) is 0 Å². The van der Waals surface area contributed by atoms with E-state index in [4.69, 9.17) is 9.47 Å². The van der Waals surface area contributed by atoms with Gasteiger partial charge in [0.25, 0.3) is 0 Å². The van der Waals surface area contributed by atoms with E-state index in [0.29, 0.717) is 6.54 Å². The molecule has 0 spiro atoms. The molecule has 2 amide bonds. The van der Waals surface area contributed by atoms with Crippen molar-refractivity contribution in [1.82, 2.24) is 10.2 Å². The van der Waals surface area contributed by atoms with Crippen molar-refractivity contribution in [1.29, 1.82) is 0 Å². The molecule has 2 saturated carbocycles. The predicted molar refractivity (Wildman–Crippen MR) is 105 cm³/mol. The summed E-state index contributed by atoms with van der Waals surface area (Å²) in [5.74, 6) is -1.20. The first-order valence-electron chi connectivity index (χ1n) is 10.6. The van der Waals surface area contributed by atoms with E-state index in [0.717, 1.165) is 32.1 Å². The first-order valence-corrected chi connectivity index (χ1v) is 10.6. The highest BCUT2D eigenvalue weighted by Gasteiger charge is 2.52. The maximum atomic E-state index is 13.5. The lowest BCUT2D eigenvalue weighted by atomic mass is 9.94. The molecule has 8 heteroatoms. The number of rotatable bonds is 6. The van der Waals surface area contributed by atoms with Crippen LogP contribution < -0.4 is 5.32 Å². The number of nitrogens with one attached hydrogen (secondary N) is 1. The van der Waals surface area contributed by atoms with E-state index in [-0.39, 0.29) is 17.4 Å². The minimum Gasteiger partial charge on any atom is -0.480 e. The number of ether oxygens (including phenoxy) is 2. The number of aliphatic carboxylic acids is 1. The molecule has 0 aromatic heterocycles. The maximum Gasteiger partial charge on any atom is 0.408 e. The topological polar surface area (TPSA) is 105 Å². The first kappa shape index (κ1) is 21.9. The van der Waals surface area contributed by atoms with Crippen LogP contribution in [-0.4, -0.2) is 63.9 Å². The van der Waals surface area contributed by atoms with Crippen LogP contribution in [0.25, 0.3) is 0 Å². The van der Waals surface area contributed by atoms with Gasteiger partial charge < -0.3 is 24.8 Å². The third-order valence-electron chi connectivity index (χ3n) is 6.26. The van der Waals surface area contributed by atoms with Gasteiger partial charge in [-0.05, 0) is 72.1 Å². The molecule has 164 valence electrons. The van der Waals surface area contributed by atoms with Crippen LogP contribution >= 0.6 is 0 Å². The third-order valence-corrected chi connectivity index (χ3v) is 6.26. The van der Waals surface area contributed by atoms with Crippen molar-refractivity contribution in [2.45, 2.75) is 96.1 Å². The van der Waals surface area contributed by atoms with Gasteiger partial charge in [-0.25, -0.2) is 9.59 Å². The molecule has 1 saturated heterocycles. The molecule has 1 aliphatic heterocycles. The Morgan fingerprint density at radius 1 is 1.21 bits per heavy atom. The van der Waals surface area contributed by atoms with Crippen LogP contribution in [0.4, 0.5) is 4.79 Å². The Morgan fingerprint density at radius 2 is 1.86 bits per heavy atom. The molecule has 0 bridgehead atoms. The fourth-order valence-corrected chi connectivity index (χ4v) is 4.65. The zero-order chi connectivity index (χ0) is 21.6. The Hall–Kier alpha value is -1.83. The van der Waals surface area contributed by atoms with Crippen LogP contribution in [0, 0.1) is 11.8 Å². The molecule has 8 nitrogen and oxygen atoms in total. The number of amides is 2. The van der Waals surface area contributed by atoms with E-state index in [9.17, 15) is 19.5 Å². The molecule has 0 radical (unpaired) electrons. The smallest absolute Gasteiger partial charge is 0.408 e. The number of nitrogens with zero attached hydrogens (tertiary/aromatic N) is 1. The molecular weight excluding hydrogens is 376 g/mol. The highest BCUT2D eigenvalue weighted by Crippen LogP contribution is 2.43. The molecule has 3 rings (SSSR count). The van der Waals surface area contributed by atoms with E-state index in [1.54, 1.807) is 27.7 Å². The SMILES string of the molecule is C[C@@H](OC1(C)CC1)[C@H](NC(=O)OC(C)(C)C)C(=O)N1C[C@@H]2CCC[C@@H]2[C@H]1C(=O)O. The highest BCUT2D eigenvalue weighted by atomic mass is 16.6. The number of carboxylic acids is 1. The van der Waals surface area contributed by atoms with Gasteiger partial charge in [0.05, 0.1) is 11.7 Å². The van der Waals surface area contributed by atoms with Gasteiger partial charge in [-0.2, -0.15) is 0 Å². The summed E-state index contributed by atoms with van der Waals surface area (Å²) in [7, 11) is 0. The molecule has 5 atom stereocenters. The Bertz CT molecular complexity index is 669. The lowest BCUT2D eigenvalue weighted by Gasteiger charge is -2.33. The van der Waals surface area contributed by atoms with Gasteiger partial charge in [0.1, 0.15) is 17.7 Å². The first-order chi connectivity index (χ1) is 13.4. The minimum absolute atomic E-state index is 0.0178. The van der Waals surface area contributed by atoms with Gasteiger partial charge in [-0.3, -0.25) is 4.79 Å². The van der Waals surface area contributed by atoms with E-state index >= 15 is 0 Å². The molecule has 1 heterocycles. The number of carbonyl (C=O) groups is 3. The van der Waals surface area contributed by atoms with Crippen LogP contribution in [0.2, 0.25) is 0 Å². The quantitative estimate of drug-likeness (QED) is 0.697. The van der Waals surface area contributed by atoms with Crippen molar-refractivity contribution in [3.63, 3.8) is 0 Å². The number of hydrogen-bond donors (Lipinski definition) is 2. The Morgan fingerprint density at radius 3 is 2.41 bits per heavy atom. The molecule has 3 aliphatic rings. The third kappa shape index (κ3) is 5.02. The second-order valence-corrected chi connectivity index (χ2v) is 10.0. The summed E-state index contributed by atoms with van der Waals surface area (Å²) in [4.78, 5) is 39.3. The normalized spacial score (nSPS) is 29.7. The lowest BCUT2D eigenvalue weighted by molar-refractivity contribution is -0.152. The molecule has 0 aromatic carbocycles. The lowest BCUT2D eigenvalue weighted by Crippen LogP contribution is -2.58. The van der Waals surface area contributed by atoms with Gasteiger partial charge in [-0.15, -0.1) is 0 Å². The maximum absolute atomic E-state index is 13.5. The summed E-state index contributed by atoms with van der Waals surface area (Å²) in [6, 6.07) is -1.84. The van der Waals surface area contributed by atoms with Crippen LogP contribution in [0.15, 0.2) is 0 Å². The summed E-state index contributed by atoms with van der Waals surface area (Å²) in [6.45, 7) is 9.37. The molecular formula is C21H34N2O6. The molecule has 0 aromatic rings. The molecule has 0 unspecified atom stereocenters. The van der Waals surface area contributed by atoms with Gasteiger partial charge in [0.15, 0.2) is 0 Å². The van der Waals surface area contributed by atoms with Crippen molar-refractivity contribution in [2.75, 3.05) is 6.54 Å². The summed E-state index contributed by atoms with van der Waals surface area (Å²) in [6.07, 6.45) is 3.24.